The van der Waals surface area contributed by atoms with Gasteiger partial charge in [-0.15, -0.1) is 5.10 Å². The Morgan fingerprint density at radius 2 is 2.05 bits per heavy atom. The Kier molecular flexibility index (Phi) is 2.34. The fourth-order valence-electron chi connectivity index (χ4n) is 1.64. The number of nitrogens with zero attached hydrogens (tertiary/aromatic N) is 5. The normalized spacial score (nSPS) is 10.7. The number of aromatic nitrogens is 5. The summed E-state index contributed by atoms with van der Waals surface area (Å²) in [5.41, 5.74) is 6.37. The van der Waals surface area contributed by atoms with E-state index >= 15 is 0 Å². The standard InChI is InChI=1S/C11H8N6O2/c12-8-7(10(18)19)5-14-11-15-9(16-17(8)11)6-1-3-13-4-2-6/h1-5H,12H2,(H,18,19). The van der Waals surface area contributed by atoms with Gasteiger partial charge in [0.05, 0.1) is 0 Å². The van der Waals surface area contributed by atoms with E-state index in [9.17, 15) is 4.79 Å². The molecule has 3 aromatic heterocycles. The van der Waals surface area contributed by atoms with Crippen molar-refractivity contribution < 1.29 is 9.90 Å². The lowest BCUT2D eigenvalue weighted by atomic mass is 10.3. The van der Waals surface area contributed by atoms with E-state index in [4.69, 9.17) is 10.8 Å². The number of aromatic carboxylic acids is 1. The SMILES string of the molecule is Nc1c(C(=O)O)cnc2nc(-c3ccncc3)nn12. The largest absolute Gasteiger partial charge is 0.477 e. The van der Waals surface area contributed by atoms with Crippen LogP contribution in [-0.4, -0.2) is 35.6 Å². The number of hydrogen-bond acceptors (Lipinski definition) is 6. The number of anilines is 1. The molecule has 0 aliphatic heterocycles. The van der Waals surface area contributed by atoms with E-state index in [1.807, 2.05) is 0 Å². The van der Waals surface area contributed by atoms with E-state index in [0.717, 1.165) is 11.8 Å². The van der Waals surface area contributed by atoms with Crippen LogP contribution in [0.4, 0.5) is 5.82 Å². The fraction of sp³-hybridized carbons (Fsp3) is 0. The van der Waals surface area contributed by atoms with Crippen LogP contribution in [0.15, 0.2) is 30.7 Å². The third kappa shape index (κ3) is 1.75. The monoisotopic (exact) mass is 256 g/mol. The highest BCUT2D eigenvalue weighted by atomic mass is 16.4. The minimum atomic E-state index is -1.16. The van der Waals surface area contributed by atoms with Gasteiger partial charge in [0.15, 0.2) is 5.82 Å². The van der Waals surface area contributed by atoms with Crippen LogP contribution in [-0.2, 0) is 0 Å². The first kappa shape index (κ1) is 11.1. The smallest absolute Gasteiger partial charge is 0.341 e. The van der Waals surface area contributed by atoms with E-state index in [1.165, 1.54) is 4.52 Å². The van der Waals surface area contributed by atoms with Crippen LogP contribution in [0.3, 0.4) is 0 Å². The predicted molar refractivity (Wildman–Crippen MR) is 65.4 cm³/mol. The predicted octanol–water partition coefficient (Wildman–Crippen LogP) is 0.467. The van der Waals surface area contributed by atoms with Gasteiger partial charge in [0.1, 0.15) is 11.4 Å². The van der Waals surface area contributed by atoms with E-state index in [-0.39, 0.29) is 17.2 Å². The van der Waals surface area contributed by atoms with Crippen molar-refractivity contribution in [2.24, 2.45) is 0 Å². The molecule has 19 heavy (non-hydrogen) atoms. The quantitative estimate of drug-likeness (QED) is 0.683. The van der Waals surface area contributed by atoms with Gasteiger partial charge in [-0.3, -0.25) is 4.98 Å². The first-order valence-electron chi connectivity index (χ1n) is 5.32. The molecule has 0 spiro atoms. The van der Waals surface area contributed by atoms with Crippen molar-refractivity contribution in [3.63, 3.8) is 0 Å². The molecule has 3 N–H and O–H groups in total. The molecule has 3 rings (SSSR count). The van der Waals surface area contributed by atoms with Crippen molar-refractivity contribution in [1.82, 2.24) is 24.6 Å². The highest BCUT2D eigenvalue weighted by Gasteiger charge is 2.15. The second-order valence-electron chi connectivity index (χ2n) is 3.75. The van der Waals surface area contributed by atoms with Crippen molar-refractivity contribution >= 4 is 17.6 Å². The zero-order chi connectivity index (χ0) is 13.4. The third-order valence-electron chi connectivity index (χ3n) is 2.57. The highest BCUT2D eigenvalue weighted by Crippen LogP contribution is 2.17. The van der Waals surface area contributed by atoms with Crippen LogP contribution >= 0.6 is 0 Å². The molecule has 0 atom stereocenters. The molecule has 3 aromatic rings. The summed E-state index contributed by atoms with van der Waals surface area (Å²) in [6.07, 6.45) is 4.39. The molecule has 0 aromatic carbocycles. The average Bonchev–Trinajstić information content (AvgIpc) is 2.85. The maximum absolute atomic E-state index is 11.0. The Morgan fingerprint density at radius 3 is 2.74 bits per heavy atom. The van der Waals surface area contributed by atoms with E-state index in [0.29, 0.717) is 5.82 Å². The molecule has 0 bridgehead atoms. The minimum absolute atomic E-state index is 0.00898. The van der Waals surface area contributed by atoms with Gasteiger partial charge in [0.2, 0.25) is 0 Å². The molecule has 0 amide bonds. The number of carboxylic acid groups (broad SMARTS) is 1. The summed E-state index contributed by atoms with van der Waals surface area (Å²) in [5.74, 6) is -0.517. The van der Waals surface area contributed by atoms with Gasteiger partial charge in [-0.2, -0.15) is 9.50 Å². The number of carboxylic acids is 1. The number of carbonyl (C=O) groups is 1. The molecule has 0 radical (unpaired) electrons. The zero-order valence-corrected chi connectivity index (χ0v) is 9.56. The van der Waals surface area contributed by atoms with Crippen molar-refractivity contribution in [2.45, 2.75) is 0 Å². The minimum Gasteiger partial charge on any atom is -0.477 e. The molecule has 0 saturated carbocycles. The first-order valence-corrected chi connectivity index (χ1v) is 5.32. The van der Waals surface area contributed by atoms with Gasteiger partial charge in [-0.25, -0.2) is 9.78 Å². The van der Waals surface area contributed by atoms with Gasteiger partial charge in [0.25, 0.3) is 5.78 Å². The second-order valence-corrected chi connectivity index (χ2v) is 3.75. The maximum atomic E-state index is 11.0. The first-order chi connectivity index (χ1) is 9.16. The van der Waals surface area contributed by atoms with Crippen LogP contribution in [0.2, 0.25) is 0 Å². The number of rotatable bonds is 2. The van der Waals surface area contributed by atoms with Gasteiger partial charge in [0, 0.05) is 24.2 Å². The topological polar surface area (TPSA) is 119 Å². The molecular formula is C11H8N6O2. The van der Waals surface area contributed by atoms with Crippen LogP contribution < -0.4 is 5.73 Å². The second kappa shape index (κ2) is 4.02. The third-order valence-corrected chi connectivity index (χ3v) is 2.57. The number of pyridine rings is 1. The summed E-state index contributed by atoms with van der Waals surface area (Å²) in [5, 5.41) is 13.1. The van der Waals surface area contributed by atoms with E-state index < -0.39 is 5.97 Å². The Balaban J connectivity index is 2.22. The highest BCUT2D eigenvalue weighted by molar-refractivity contribution is 5.92. The van der Waals surface area contributed by atoms with Crippen LogP contribution in [0.25, 0.3) is 17.2 Å². The number of nitrogens with two attached hydrogens (primary N) is 1. The van der Waals surface area contributed by atoms with E-state index in [2.05, 4.69) is 20.1 Å². The molecule has 0 aliphatic carbocycles. The summed E-state index contributed by atoms with van der Waals surface area (Å²) in [4.78, 5) is 23.0. The molecule has 0 fully saturated rings. The summed E-state index contributed by atoms with van der Waals surface area (Å²) in [6.45, 7) is 0. The lowest BCUT2D eigenvalue weighted by Crippen LogP contribution is -2.09. The van der Waals surface area contributed by atoms with Gasteiger partial charge < -0.3 is 10.8 Å². The van der Waals surface area contributed by atoms with Crippen molar-refractivity contribution in [1.29, 1.82) is 0 Å². The lowest BCUT2D eigenvalue weighted by Gasteiger charge is -2.00. The Morgan fingerprint density at radius 1 is 1.32 bits per heavy atom. The van der Waals surface area contributed by atoms with Gasteiger partial charge >= 0.3 is 5.97 Å². The molecule has 8 heteroatoms. The molecule has 0 aliphatic rings. The molecule has 3 heterocycles. The zero-order valence-electron chi connectivity index (χ0n) is 9.56. The van der Waals surface area contributed by atoms with Crippen LogP contribution in [0, 0.1) is 0 Å². The average molecular weight is 256 g/mol. The molecule has 0 saturated heterocycles. The number of fused-ring (bicyclic) bond motifs is 1. The maximum Gasteiger partial charge on any atom is 0.341 e. The summed E-state index contributed by atoms with van der Waals surface area (Å²) in [7, 11) is 0. The number of hydrogen-bond donors (Lipinski definition) is 2. The molecule has 8 nitrogen and oxygen atoms in total. The van der Waals surface area contributed by atoms with Gasteiger partial charge in [-0.1, -0.05) is 0 Å². The Labute approximate surface area is 106 Å². The van der Waals surface area contributed by atoms with Crippen LogP contribution in [0.1, 0.15) is 10.4 Å². The van der Waals surface area contributed by atoms with Crippen LogP contribution in [0.5, 0.6) is 0 Å². The van der Waals surface area contributed by atoms with Gasteiger partial charge in [-0.05, 0) is 12.1 Å². The fourth-order valence-corrected chi connectivity index (χ4v) is 1.64. The van der Waals surface area contributed by atoms with Crippen molar-refractivity contribution in [3.05, 3.63) is 36.3 Å². The number of nitrogen functional groups attached to an aromatic ring is 1. The van der Waals surface area contributed by atoms with Crippen molar-refractivity contribution in [2.75, 3.05) is 5.73 Å². The summed E-state index contributed by atoms with van der Waals surface area (Å²) < 4.78 is 1.21. The molecule has 0 unspecified atom stereocenters. The van der Waals surface area contributed by atoms with E-state index in [1.54, 1.807) is 24.5 Å². The summed E-state index contributed by atoms with van der Waals surface area (Å²) >= 11 is 0. The summed E-state index contributed by atoms with van der Waals surface area (Å²) in [6, 6.07) is 3.48. The van der Waals surface area contributed by atoms with Crippen molar-refractivity contribution in [3.8, 4) is 11.4 Å². The lowest BCUT2D eigenvalue weighted by molar-refractivity contribution is 0.0697. The molecular weight excluding hydrogens is 248 g/mol. The molecule has 94 valence electrons. The Bertz CT molecular complexity index is 767. The Hall–Kier alpha value is -3.03.